The number of ether oxygens (including phenoxy) is 1. The number of hydrogen-bond acceptors (Lipinski definition) is 3. The summed E-state index contributed by atoms with van der Waals surface area (Å²) < 4.78 is 5.94. The van der Waals surface area contributed by atoms with Crippen LogP contribution in [-0.4, -0.2) is 5.90 Å². The summed E-state index contributed by atoms with van der Waals surface area (Å²) in [6.07, 6.45) is 0. The Morgan fingerprint density at radius 2 is 1.54 bits per heavy atom. The molecule has 116 valence electrons. The number of hydrogen-bond donors (Lipinski definition) is 0. The minimum Gasteiger partial charge on any atom is -0.438 e. The van der Waals surface area contributed by atoms with Crippen molar-refractivity contribution < 1.29 is 4.74 Å². The highest BCUT2D eigenvalue weighted by Crippen LogP contribution is 2.20. The summed E-state index contributed by atoms with van der Waals surface area (Å²) in [6.45, 7) is 0. The number of rotatable bonds is 3. The Morgan fingerprint density at radius 1 is 0.875 bits per heavy atom. The average Bonchev–Trinajstić information content (AvgIpc) is 2.64. The van der Waals surface area contributed by atoms with Crippen LogP contribution in [0.1, 0.15) is 11.1 Å². The molecule has 0 aromatic heterocycles. The van der Waals surface area contributed by atoms with Gasteiger partial charge in [0.25, 0.3) is 0 Å². The van der Waals surface area contributed by atoms with Gasteiger partial charge in [-0.2, -0.15) is 5.26 Å². The monoisotopic (exact) mass is 332 g/mol. The van der Waals surface area contributed by atoms with Gasteiger partial charge in [0, 0.05) is 10.6 Å². The molecule has 0 aliphatic heterocycles. The van der Waals surface area contributed by atoms with Crippen LogP contribution in [0.4, 0.5) is 5.69 Å². The van der Waals surface area contributed by atoms with Gasteiger partial charge in [-0.15, -0.1) is 0 Å². The van der Waals surface area contributed by atoms with E-state index < -0.39 is 0 Å². The first-order chi connectivity index (χ1) is 11.7. The van der Waals surface area contributed by atoms with Gasteiger partial charge in [0.05, 0.1) is 17.3 Å². The molecule has 0 bridgehead atoms. The van der Waals surface area contributed by atoms with Crippen molar-refractivity contribution in [2.75, 3.05) is 0 Å². The Labute approximate surface area is 145 Å². The van der Waals surface area contributed by atoms with Crippen molar-refractivity contribution in [3.63, 3.8) is 0 Å². The lowest BCUT2D eigenvalue weighted by Crippen LogP contribution is -2.10. The third-order valence-corrected chi connectivity index (χ3v) is 3.53. The van der Waals surface area contributed by atoms with E-state index in [0.29, 0.717) is 22.2 Å². The van der Waals surface area contributed by atoms with Crippen LogP contribution in [0.3, 0.4) is 0 Å². The highest BCUT2D eigenvalue weighted by molar-refractivity contribution is 6.30. The zero-order valence-corrected chi connectivity index (χ0v) is 13.4. The molecule has 0 unspecified atom stereocenters. The van der Waals surface area contributed by atoms with Crippen LogP contribution >= 0.6 is 11.6 Å². The van der Waals surface area contributed by atoms with Gasteiger partial charge in [0.1, 0.15) is 5.75 Å². The maximum atomic E-state index is 8.88. The molecule has 0 saturated heterocycles. The van der Waals surface area contributed by atoms with E-state index in [1.165, 1.54) is 0 Å². The number of aliphatic imine (C=N–C) groups is 1. The van der Waals surface area contributed by atoms with Gasteiger partial charge >= 0.3 is 0 Å². The van der Waals surface area contributed by atoms with Crippen LogP contribution in [0.15, 0.2) is 83.9 Å². The molecular formula is C20H13ClN2O. The molecule has 0 N–H and O–H groups in total. The van der Waals surface area contributed by atoms with Crippen LogP contribution < -0.4 is 4.74 Å². The summed E-state index contributed by atoms with van der Waals surface area (Å²) in [7, 11) is 0. The van der Waals surface area contributed by atoms with E-state index in [1.807, 2.05) is 42.5 Å². The van der Waals surface area contributed by atoms with E-state index >= 15 is 0 Å². The minimum absolute atomic E-state index is 0.475. The Bertz CT molecular complexity index is 880. The number of benzene rings is 3. The van der Waals surface area contributed by atoms with Crippen LogP contribution in [0.2, 0.25) is 5.02 Å². The normalized spacial score (nSPS) is 10.9. The summed E-state index contributed by atoms with van der Waals surface area (Å²) >= 11 is 5.92. The second-order valence-corrected chi connectivity index (χ2v) is 5.43. The van der Waals surface area contributed by atoms with Gasteiger partial charge in [-0.3, -0.25) is 0 Å². The Balaban J connectivity index is 1.95. The van der Waals surface area contributed by atoms with E-state index in [1.54, 1.807) is 36.4 Å². The quantitative estimate of drug-likeness (QED) is 0.478. The van der Waals surface area contributed by atoms with Crippen LogP contribution in [0, 0.1) is 11.3 Å². The number of nitrogens with zero attached hydrogens (tertiary/aromatic N) is 2. The topological polar surface area (TPSA) is 45.4 Å². The van der Waals surface area contributed by atoms with Gasteiger partial charge in [-0.05, 0) is 60.7 Å². The van der Waals surface area contributed by atoms with Gasteiger partial charge < -0.3 is 4.74 Å². The van der Waals surface area contributed by atoms with Gasteiger partial charge in [0.15, 0.2) is 0 Å². The zero-order valence-electron chi connectivity index (χ0n) is 12.7. The van der Waals surface area contributed by atoms with Gasteiger partial charge in [0.2, 0.25) is 5.90 Å². The maximum Gasteiger partial charge on any atom is 0.227 e. The molecule has 0 spiro atoms. The van der Waals surface area contributed by atoms with Crippen molar-refractivity contribution in [2.45, 2.75) is 0 Å². The van der Waals surface area contributed by atoms with Crippen molar-refractivity contribution in [2.24, 2.45) is 4.99 Å². The predicted molar refractivity (Wildman–Crippen MR) is 95.9 cm³/mol. The van der Waals surface area contributed by atoms with Crippen molar-refractivity contribution in [1.82, 2.24) is 0 Å². The molecule has 24 heavy (non-hydrogen) atoms. The highest BCUT2D eigenvalue weighted by atomic mass is 35.5. The second-order valence-electron chi connectivity index (χ2n) is 5.00. The number of halogens is 1. The molecular weight excluding hydrogens is 320 g/mol. The lowest BCUT2D eigenvalue weighted by molar-refractivity contribution is 0.553. The van der Waals surface area contributed by atoms with E-state index in [0.717, 1.165) is 11.3 Å². The first-order valence-electron chi connectivity index (χ1n) is 7.32. The van der Waals surface area contributed by atoms with Crippen molar-refractivity contribution in [1.29, 1.82) is 5.26 Å². The summed E-state index contributed by atoms with van der Waals surface area (Å²) in [6, 6.07) is 25.9. The standard InChI is InChI=1S/C20H13ClN2O/c21-17-8-10-18(11-9-17)23-20(16-4-2-1-3-5-16)24-19-12-6-15(14-22)7-13-19/h1-13H. The van der Waals surface area contributed by atoms with Crippen LogP contribution in [0.5, 0.6) is 5.75 Å². The number of nitriles is 1. The zero-order chi connectivity index (χ0) is 16.8. The Kier molecular flexibility index (Phi) is 4.90. The van der Waals surface area contributed by atoms with E-state index in [4.69, 9.17) is 21.6 Å². The molecule has 0 atom stereocenters. The van der Waals surface area contributed by atoms with E-state index in [9.17, 15) is 0 Å². The minimum atomic E-state index is 0.475. The Morgan fingerprint density at radius 3 is 2.17 bits per heavy atom. The van der Waals surface area contributed by atoms with Crippen molar-refractivity contribution in [3.8, 4) is 11.8 Å². The molecule has 0 amide bonds. The molecule has 0 heterocycles. The van der Waals surface area contributed by atoms with Crippen molar-refractivity contribution >= 4 is 23.2 Å². The molecule has 0 saturated carbocycles. The molecule has 3 aromatic carbocycles. The lowest BCUT2D eigenvalue weighted by Gasteiger charge is -2.09. The third kappa shape index (κ3) is 4.01. The fourth-order valence-electron chi connectivity index (χ4n) is 2.07. The summed E-state index contributed by atoms with van der Waals surface area (Å²) in [5.74, 6) is 1.09. The summed E-state index contributed by atoms with van der Waals surface area (Å²) in [4.78, 5) is 4.58. The largest absolute Gasteiger partial charge is 0.438 e. The van der Waals surface area contributed by atoms with Gasteiger partial charge in [-0.25, -0.2) is 4.99 Å². The first kappa shape index (κ1) is 15.8. The van der Waals surface area contributed by atoms with Gasteiger partial charge in [-0.1, -0.05) is 29.8 Å². The SMILES string of the molecule is N#Cc1ccc(OC(=Nc2ccc(Cl)cc2)c2ccccc2)cc1. The molecule has 4 heteroatoms. The molecule has 0 fully saturated rings. The molecule has 0 aliphatic rings. The molecule has 3 nitrogen and oxygen atoms in total. The molecule has 3 rings (SSSR count). The van der Waals surface area contributed by atoms with Crippen LogP contribution in [0.25, 0.3) is 0 Å². The Hall–Kier alpha value is -3.09. The second kappa shape index (κ2) is 7.45. The predicted octanol–water partition coefficient (Wildman–Crippen LogP) is 5.37. The third-order valence-electron chi connectivity index (χ3n) is 3.28. The highest BCUT2D eigenvalue weighted by Gasteiger charge is 2.07. The van der Waals surface area contributed by atoms with E-state index in [2.05, 4.69) is 11.1 Å². The van der Waals surface area contributed by atoms with Crippen LogP contribution in [-0.2, 0) is 0 Å². The molecule has 0 radical (unpaired) electrons. The maximum absolute atomic E-state index is 8.88. The fraction of sp³-hybridized carbons (Fsp3) is 0. The van der Waals surface area contributed by atoms with Crippen molar-refractivity contribution in [3.05, 3.63) is 95.0 Å². The summed E-state index contributed by atoms with van der Waals surface area (Å²) in [5.41, 5.74) is 2.18. The summed E-state index contributed by atoms with van der Waals surface area (Å²) in [5, 5.41) is 9.54. The average molecular weight is 333 g/mol. The first-order valence-corrected chi connectivity index (χ1v) is 7.70. The lowest BCUT2D eigenvalue weighted by atomic mass is 10.2. The smallest absolute Gasteiger partial charge is 0.227 e. The van der Waals surface area contributed by atoms with E-state index in [-0.39, 0.29) is 0 Å². The molecule has 3 aromatic rings. The molecule has 0 aliphatic carbocycles. The fourth-order valence-corrected chi connectivity index (χ4v) is 2.20.